The van der Waals surface area contributed by atoms with E-state index in [2.05, 4.69) is 22.1 Å². The number of H-pyrrole nitrogens is 1. The van der Waals surface area contributed by atoms with Crippen LogP contribution in [0.25, 0.3) is 0 Å². The Hall–Kier alpha value is -1.45. The highest BCUT2D eigenvalue weighted by molar-refractivity contribution is 7.12. The van der Waals surface area contributed by atoms with Gasteiger partial charge in [0.2, 0.25) is 0 Å². The minimum atomic E-state index is -0.273. The SMILES string of the molecule is O=C(NCc1ccc(C#CCCO)s1)c1cc(Cl)c(Cl)[nH]1. The van der Waals surface area contributed by atoms with Crippen molar-refractivity contribution in [1.82, 2.24) is 10.3 Å². The average molecular weight is 343 g/mol. The van der Waals surface area contributed by atoms with E-state index in [9.17, 15) is 4.79 Å². The maximum Gasteiger partial charge on any atom is 0.268 e. The van der Waals surface area contributed by atoms with E-state index in [0.29, 0.717) is 23.7 Å². The molecule has 0 spiro atoms. The highest BCUT2D eigenvalue weighted by atomic mass is 35.5. The molecule has 0 aliphatic carbocycles. The van der Waals surface area contributed by atoms with Crippen molar-refractivity contribution >= 4 is 40.4 Å². The Kier molecular flexibility index (Phi) is 5.71. The van der Waals surface area contributed by atoms with Gasteiger partial charge < -0.3 is 15.4 Å². The van der Waals surface area contributed by atoms with E-state index < -0.39 is 0 Å². The second-order valence-corrected chi connectivity index (χ2v) is 6.02. The summed E-state index contributed by atoms with van der Waals surface area (Å²) in [6, 6.07) is 5.28. The summed E-state index contributed by atoms with van der Waals surface area (Å²) in [6.45, 7) is 0.460. The van der Waals surface area contributed by atoms with E-state index in [1.54, 1.807) is 0 Å². The number of halogens is 2. The van der Waals surface area contributed by atoms with Crippen LogP contribution in [-0.4, -0.2) is 22.6 Å². The Labute approximate surface area is 136 Å². The van der Waals surface area contributed by atoms with Crippen molar-refractivity contribution in [3.63, 3.8) is 0 Å². The van der Waals surface area contributed by atoms with Crippen LogP contribution in [0.4, 0.5) is 0 Å². The molecule has 0 fully saturated rings. The summed E-state index contributed by atoms with van der Waals surface area (Å²) in [6.07, 6.45) is 0.457. The van der Waals surface area contributed by atoms with Gasteiger partial charge in [-0.25, -0.2) is 0 Å². The molecule has 0 aliphatic heterocycles. The number of amides is 1. The maximum absolute atomic E-state index is 11.9. The predicted octanol–water partition coefficient (Wildman–Crippen LogP) is 3.05. The number of carbonyl (C=O) groups excluding carboxylic acids is 1. The van der Waals surface area contributed by atoms with Crippen molar-refractivity contribution in [2.24, 2.45) is 0 Å². The van der Waals surface area contributed by atoms with Gasteiger partial charge in [-0.05, 0) is 18.2 Å². The molecule has 110 valence electrons. The largest absolute Gasteiger partial charge is 0.395 e. The number of nitrogens with one attached hydrogen (secondary N) is 2. The van der Waals surface area contributed by atoms with E-state index in [0.717, 1.165) is 9.75 Å². The molecule has 2 aromatic heterocycles. The summed E-state index contributed by atoms with van der Waals surface area (Å²) < 4.78 is 0. The Morgan fingerprint density at radius 2 is 2.24 bits per heavy atom. The summed E-state index contributed by atoms with van der Waals surface area (Å²) in [5.74, 6) is 5.53. The number of aromatic nitrogens is 1. The van der Waals surface area contributed by atoms with Crippen molar-refractivity contribution in [3.8, 4) is 11.8 Å². The minimum absolute atomic E-state index is 0.0581. The van der Waals surface area contributed by atoms with Gasteiger partial charge >= 0.3 is 0 Å². The number of hydrogen-bond donors (Lipinski definition) is 3. The zero-order valence-electron chi connectivity index (χ0n) is 10.9. The van der Waals surface area contributed by atoms with Gasteiger partial charge in [-0.15, -0.1) is 11.3 Å². The number of rotatable bonds is 4. The number of thiophene rings is 1. The monoisotopic (exact) mass is 342 g/mol. The van der Waals surface area contributed by atoms with Crippen LogP contribution in [0.5, 0.6) is 0 Å². The van der Waals surface area contributed by atoms with Crippen LogP contribution in [-0.2, 0) is 6.54 Å². The van der Waals surface area contributed by atoms with Gasteiger partial charge in [0, 0.05) is 11.3 Å². The lowest BCUT2D eigenvalue weighted by Crippen LogP contribution is -2.22. The summed E-state index contributed by atoms with van der Waals surface area (Å²) in [7, 11) is 0. The van der Waals surface area contributed by atoms with Crippen LogP contribution in [0.3, 0.4) is 0 Å². The Morgan fingerprint density at radius 1 is 1.43 bits per heavy atom. The quantitative estimate of drug-likeness (QED) is 0.747. The van der Waals surface area contributed by atoms with E-state index in [4.69, 9.17) is 28.3 Å². The fraction of sp³-hybridized carbons (Fsp3) is 0.214. The van der Waals surface area contributed by atoms with Crippen LogP contribution < -0.4 is 5.32 Å². The third-order valence-electron chi connectivity index (χ3n) is 2.50. The fourth-order valence-corrected chi connectivity index (χ4v) is 2.67. The van der Waals surface area contributed by atoms with Crippen LogP contribution in [0.2, 0.25) is 10.2 Å². The molecule has 21 heavy (non-hydrogen) atoms. The van der Waals surface area contributed by atoms with E-state index in [1.807, 2.05) is 12.1 Å². The molecule has 0 aromatic carbocycles. The van der Waals surface area contributed by atoms with Gasteiger partial charge in [0.1, 0.15) is 10.8 Å². The molecule has 1 amide bonds. The zero-order chi connectivity index (χ0) is 15.2. The lowest BCUT2D eigenvalue weighted by molar-refractivity contribution is 0.0947. The van der Waals surface area contributed by atoms with Gasteiger partial charge in [-0.1, -0.05) is 35.0 Å². The zero-order valence-corrected chi connectivity index (χ0v) is 13.2. The summed E-state index contributed by atoms with van der Waals surface area (Å²) in [4.78, 5) is 16.5. The smallest absolute Gasteiger partial charge is 0.268 e. The van der Waals surface area contributed by atoms with Crippen molar-refractivity contribution < 1.29 is 9.90 Å². The molecule has 0 unspecified atom stereocenters. The fourth-order valence-electron chi connectivity index (χ4n) is 1.53. The highest BCUT2D eigenvalue weighted by Gasteiger charge is 2.11. The molecule has 0 bridgehead atoms. The first kappa shape index (κ1) is 15.9. The lowest BCUT2D eigenvalue weighted by Gasteiger charge is -2.00. The van der Waals surface area contributed by atoms with Crippen molar-refractivity contribution in [2.75, 3.05) is 6.61 Å². The number of hydrogen-bond acceptors (Lipinski definition) is 3. The number of aliphatic hydroxyl groups excluding tert-OH is 1. The molecule has 3 N–H and O–H groups in total. The molecule has 0 saturated heterocycles. The number of aromatic amines is 1. The van der Waals surface area contributed by atoms with E-state index in [1.165, 1.54) is 17.4 Å². The molecule has 2 aromatic rings. The van der Waals surface area contributed by atoms with Crippen LogP contribution in [0.15, 0.2) is 18.2 Å². The molecule has 0 aliphatic rings. The average Bonchev–Trinajstić information content (AvgIpc) is 3.04. The van der Waals surface area contributed by atoms with E-state index in [-0.39, 0.29) is 17.7 Å². The number of carbonyl (C=O) groups is 1. The second-order valence-electron chi connectivity index (χ2n) is 4.07. The summed E-state index contributed by atoms with van der Waals surface area (Å²) in [5.41, 5.74) is 0.324. The molecule has 0 radical (unpaired) electrons. The van der Waals surface area contributed by atoms with Crippen LogP contribution >= 0.6 is 34.5 Å². The predicted molar refractivity (Wildman–Crippen MR) is 84.9 cm³/mol. The minimum Gasteiger partial charge on any atom is -0.395 e. The standard InChI is InChI=1S/C14H12Cl2N2O2S/c15-11-7-12(18-13(11)16)14(20)17-8-10-5-4-9(21-10)3-1-2-6-19/h4-5,7,18-19H,2,6,8H2,(H,17,20). The second kappa shape index (κ2) is 7.53. The molecular weight excluding hydrogens is 331 g/mol. The van der Waals surface area contributed by atoms with E-state index >= 15 is 0 Å². The molecule has 2 rings (SSSR count). The highest BCUT2D eigenvalue weighted by Crippen LogP contribution is 2.22. The Bertz CT molecular complexity index is 678. The van der Waals surface area contributed by atoms with Crippen molar-refractivity contribution in [1.29, 1.82) is 0 Å². The summed E-state index contributed by atoms with van der Waals surface area (Å²) in [5, 5.41) is 12.0. The molecule has 7 heteroatoms. The van der Waals surface area contributed by atoms with Crippen LogP contribution in [0.1, 0.15) is 26.7 Å². The Balaban J connectivity index is 1.91. The van der Waals surface area contributed by atoms with Gasteiger partial charge in [0.25, 0.3) is 5.91 Å². The molecule has 2 heterocycles. The Morgan fingerprint density at radius 3 is 2.90 bits per heavy atom. The van der Waals surface area contributed by atoms with Gasteiger partial charge in [-0.3, -0.25) is 4.79 Å². The molecule has 0 saturated carbocycles. The topological polar surface area (TPSA) is 65.1 Å². The van der Waals surface area contributed by atoms with Crippen molar-refractivity contribution in [3.05, 3.63) is 43.8 Å². The maximum atomic E-state index is 11.9. The first-order valence-electron chi connectivity index (χ1n) is 6.11. The van der Waals surface area contributed by atoms with Gasteiger partial charge in [0.05, 0.1) is 23.1 Å². The third-order valence-corrected chi connectivity index (χ3v) is 4.20. The first-order chi connectivity index (χ1) is 10.1. The molecular formula is C14H12Cl2N2O2S. The molecule has 4 nitrogen and oxygen atoms in total. The number of aliphatic hydroxyl groups is 1. The van der Waals surface area contributed by atoms with Crippen molar-refractivity contribution in [2.45, 2.75) is 13.0 Å². The first-order valence-corrected chi connectivity index (χ1v) is 7.68. The normalized spacial score (nSPS) is 10.0. The third kappa shape index (κ3) is 4.51. The van der Waals surface area contributed by atoms with Crippen LogP contribution in [0, 0.1) is 11.8 Å². The lowest BCUT2D eigenvalue weighted by atomic mass is 10.3. The van der Waals surface area contributed by atoms with Gasteiger partial charge in [-0.2, -0.15) is 0 Å². The summed E-state index contributed by atoms with van der Waals surface area (Å²) >= 11 is 13.0. The van der Waals surface area contributed by atoms with Gasteiger partial charge in [0.15, 0.2) is 0 Å². The molecule has 0 atom stereocenters.